The molecule has 0 bridgehead atoms. The molecule has 5 rings (SSSR count). The minimum absolute atomic E-state index is 0.00751. The van der Waals surface area contributed by atoms with Crippen LogP contribution >= 0.6 is 0 Å². The maximum atomic E-state index is 13.3. The second-order valence-corrected chi connectivity index (χ2v) is 7.99. The van der Waals surface area contributed by atoms with Crippen LogP contribution in [0.4, 0.5) is 5.69 Å². The molecule has 0 unspecified atom stereocenters. The number of amides is 2. The maximum absolute atomic E-state index is 13.3. The van der Waals surface area contributed by atoms with Crippen molar-refractivity contribution in [2.75, 3.05) is 18.4 Å². The van der Waals surface area contributed by atoms with E-state index in [9.17, 15) is 9.59 Å². The Morgan fingerprint density at radius 1 is 1.36 bits per heavy atom. The molecule has 0 saturated carbocycles. The van der Waals surface area contributed by atoms with Gasteiger partial charge in [0.1, 0.15) is 5.54 Å². The van der Waals surface area contributed by atoms with Gasteiger partial charge in [0.05, 0.1) is 12.2 Å². The Morgan fingerprint density at radius 2 is 2.25 bits per heavy atom. The maximum Gasteiger partial charge on any atom is 0.250 e. The van der Waals surface area contributed by atoms with E-state index in [0.29, 0.717) is 12.6 Å². The van der Waals surface area contributed by atoms with Crippen molar-refractivity contribution in [2.45, 2.75) is 43.8 Å². The van der Waals surface area contributed by atoms with Gasteiger partial charge in [-0.05, 0) is 38.3 Å². The monoisotopic (exact) mass is 379 g/mol. The normalized spacial score (nSPS) is 28.4. The third kappa shape index (κ3) is 2.49. The van der Waals surface area contributed by atoms with Gasteiger partial charge >= 0.3 is 0 Å². The highest BCUT2D eigenvalue weighted by Crippen LogP contribution is 2.55. The average molecular weight is 379 g/mol. The first kappa shape index (κ1) is 17.4. The average Bonchev–Trinajstić information content (AvgIpc) is 3.45. The molecule has 2 amide bonds. The van der Waals surface area contributed by atoms with Crippen LogP contribution in [0.25, 0.3) is 0 Å². The van der Waals surface area contributed by atoms with E-state index in [1.807, 2.05) is 35.0 Å². The van der Waals surface area contributed by atoms with Gasteiger partial charge in [-0.2, -0.15) is 0 Å². The van der Waals surface area contributed by atoms with E-state index in [1.165, 1.54) is 0 Å². The Balaban J connectivity index is 1.37. The van der Waals surface area contributed by atoms with Crippen LogP contribution in [0.2, 0.25) is 0 Å². The van der Waals surface area contributed by atoms with Crippen molar-refractivity contribution in [3.8, 4) is 0 Å². The van der Waals surface area contributed by atoms with Crippen molar-refractivity contribution in [3.63, 3.8) is 0 Å². The Bertz CT molecular complexity index is 896. The third-order valence-corrected chi connectivity index (χ3v) is 6.54. The molecule has 2 aromatic rings. The molecule has 3 atom stereocenters. The topological polar surface area (TPSA) is 79.3 Å². The van der Waals surface area contributed by atoms with E-state index in [2.05, 4.69) is 20.5 Å². The quantitative estimate of drug-likeness (QED) is 0.776. The highest BCUT2D eigenvalue weighted by atomic mass is 16.2. The van der Waals surface area contributed by atoms with Gasteiger partial charge in [0, 0.05) is 42.8 Å². The summed E-state index contributed by atoms with van der Waals surface area (Å²) < 4.78 is 2.00. The van der Waals surface area contributed by atoms with Gasteiger partial charge in [-0.15, -0.1) is 0 Å². The lowest BCUT2D eigenvalue weighted by Gasteiger charge is -2.36. The number of aryl methyl sites for hydroxylation is 1. The van der Waals surface area contributed by atoms with Gasteiger partial charge < -0.3 is 15.2 Å². The number of anilines is 1. The molecule has 2 fully saturated rings. The third-order valence-electron chi connectivity index (χ3n) is 6.54. The molecule has 0 radical (unpaired) electrons. The first-order chi connectivity index (χ1) is 13.7. The summed E-state index contributed by atoms with van der Waals surface area (Å²) in [5.41, 5.74) is 0.951. The van der Waals surface area contributed by atoms with Gasteiger partial charge in [0.15, 0.2) is 0 Å². The van der Waals surface area contributed by atoms with Crippen LogP contribution in [-0.4, -0.2) is 45.4 Å². The predicted octanol–water partition coefficient (Wildman–Crippen LogP) is 1.72. The largest absolute Gasteiger partial charge is 0.356 e. The number of nitrogens with zero attached hydrogens (tertiary/aromatic N) is 3. The van der Waals surface area contributed by atoms with Crippen molar-refractivity contribution in [2.24, 2.45) is 5.92 Å². The number of imidazole rings is 1. The first-order valence-corrected chi connectivity index (χ1v) is 10.1. The molecule has 0 aliphatic carbocycles. The van der Waals surface area contributed by atoms with Crippen molar-refractivity contribution in [3.05, 3.63) is 48.5 Å². The van der Waals surface area contributed by atoms with Crippen molar-refractivity contribution in [1.82, 2.24) is 19.8 Å². The number of benzene rings is 1. The van der Waals surface area contributed by atoms with Crippen molar-refractivity contribution >= 4 is 17.5 Å². The standard InChI is InChI=1S/C21H25N5O2/c27-19(23-8-4-10-25-12-9-22-14-25)17-13-15-5-3-11-26(15)21(17)16-6-1-2-7-18(16)24-20(21)28/h1-2,6-7,9,12,14-15,17H,3-5,8,10-11,13H2,(H,23,27)(H,24,28)/t15-,17+,21+/m1/s1. The molecule has 1 spiro atoms. The van der Waals surface area contributed by atoms with E-state index in [1.54, 1.807) is 12.5 Å². The van der Waals surface area contributed by atoms with Crippen LogP contribution in [0, 0.1) is 5.92 Å². The molecule has 4 heterocycles. The summed E-state index contributed by atoms with van der Waals surface area (Å²) in [6.07, 6.45) is 9.17. The molecule has 146 valence electrons. The molecular weight excluding hydrogens is 354 g/mol. The summed E-state index contributed by atoms with van der Waals surface area (Å²) >= 11 is 0. The van der Waals surface area contributed by atoms with Gasteiger partial charge in [0.2, 0.25) is 11.8 Å². The second kappa shape index (κ2) is 6.74. The van der Waals surface area contributed by atoms with E-state index >= 15 is 0 Å². The van der Waals surface area contributed by atoms with Crippen LogP contribution in [0.15, 0.2) is 43.0 Å². The van der Waals surface area contributed by atoms with Gasteiger partial charge in [-0.1, -0.05) is 18.2 Å². The number of carbonyl (C=O) groups is 2. The number of carbonyl (C=O) groups excluding carboxylic acids is 2. The molecule has 7 nitrogen and oxygen atoms in total. The number of fused-ring (bicyclic) bond motifs is 4. The minimum Gasteiger partial charge on any atom is -0.356 e. The molecule has 2 saturated heterocycles. The fraction of sp³-hybridized carbons (Fsp3) is 0.476. The van der Waals surface area contributed by atoms with Crippen molar-refractivity contribution in [1.29, 1.82) is 0 Å². The van der Waals surface area contributed by atoms with Gasteiger partial charge in [-0.3, -0.25) is 14.5 Å². The van der Waals surface area contributed by atoms with E-state index in [-0.39, 0.29) is 17.7 Å². The lowest BCUT2D eigenvalue weighted by molar-refractivity contribution is -0.137. The van der Waals surface area contributed by atoms with Crippen LogP contribution < -0.4 is 10.6 Å². The number of para-hydroxylation sites is 1. The number of aromatic nitrogens is 2. The highest BCUT2D eigenvalue weighted by Gasteiger charge is 2.65. The predicted molar refractivity (Wildman–Crippen MR) is 104 cm³/mol. The van der Waals surface area contributed by atoms with Crippen molar-refractivity contribution < 1.29 is 9.59 Å². The fourth-order valence-electron chi connectivity index (χ4n) is 5.40. The number of nitrogens with one attached hydrogen (secondary N) is 2. The van der Waals surface area contributed by atoms with E-state index in [0.717, 1.165) is 50.0 Å². The molecule has 3 aliphatic heterocycles. The van der Waals surface area contributed by atoms with E-state index < -0.39 is 5.54 Å². The lowest BCUT2D eigenvalue weighted by Crippen LogP contribution is -2.54. The summed E-state index contributed by atoms with van der Waals surface area (Å²) in [7, 11) is 0. The highest BCUT2D eigenvalue weighted by molar-refractivity contribution is 6.09. The molecule has 28 heavy (non-hydrogen) atoms. The first-order valence-electron chi connectivity index (χ1n) is 10.1. The van der Waals surface area contributed by atoms with Crippen LogP contribution in [0.3, 0.4) is 0 Å². The Morgan fingerprint density at radius 3 is 3.11 bits per heavy atom. The molecule has 3 aliphatic rings. The van der Waals surface area contributed by atoms with Gasteiger partial charge in [0.25, 0.3) is 0 Å². The Kier molecular flexibility index (Phi) is 4.19. The summed E-state index contributed by atoms with van der Waals surface area (Å²) in [6, 6.07) is 8.14. The lowest BCUT2D eigenvalue weighted by atomic mass is 9.78. The molecule has 2 N–H and O–H groups in total. The zero-order valence-corrected chi connectivity index (χ0v) is 15.8. The van der Waals surface area contributed by atoms with Crippen LogP contribution in [0.1, 0.15) is 31.2 Å². The zero-order chi connectivity index (χ0) is 19.1. The van der Waals surface area contributed by atoms with Gasteiger partial charge in [-0.25, -0.2) is 4.98 Å². The SMILES string of the molecule is O=C(NCCCn1ccnc1)[C@@H]1C[C@H]2CCCN2[C@]12C(=O)Nc1ccccc12. The van der Waals surface area contributed by atoms with E-state index in [4.69, 9.17) is 0 Å². The fourth-order valence-corrected chi connectivity index (χ4v) is 5.40. The molecule has 1 aromatic heterocycles. The minimum atomic E-state index is -0.855. The smallest absolute Gasteiger partial charge is 0.250 e. The molecule has 7 heteroatoms. The second-order valence-electron chi connectivity index (χ2n) is 7.99. The number of hydrogen-bond acceptors (Lipinski definition) is 4. The molecule has 1 aromatic carbocycles. The molecular formula is C21H25N5O2. The summed E-state index contributed by atoms with van der Waals surface area (Å²) in [5, 5.41) is 6.14. The Labute approximate surface area is 164 Å². The number of hydrogen-bond donors (Lipinski definition) is 2. The summed E-state index contributed by atoms with van der Waals surface area (Å²) in [4.78, 5) is 32.8. The zero-order valence-electron chi connectivity index (χ0n) is 15.8. The van der Waals surface area contributed by atoms with Crippen LogP contribution in [0.5, 0.6) is 0 Å². The Hall–Kier alpha value is -2.67. The summed E-state index contributed by atoms with van der Waals surface area (Å²) in [6.45, 7) is 2.28. The summed E-state index contributed by atoms with van der Waals surface area (Å²) in [5.74, 6) is -0.404. The van der Waals surface area contributed by atoms with Crippen LogP contribution in [-0.2, 0) is 21.7 Å². The number of rotatable bonds is 5.